The van der Waals surface area contributed by atoms with Crippen molar-refractivity contribution in [3.63, 3.8) is 0 Å². The predicted octanol–water partition coefficient (Wildman–Crippen LogP) is 6.34. The highest BCUT2D eigenvalue weighted by Gasteiger charge is 2.70. The second-order valence-corrected chi connectivity index (χ2v) is 10.9. The topological polar surface area (TPSA) is 54.4 Å². The van der Waals surface area contributed by atoms with Gasteiger partial charge in [-0.1, -0.05) is 43.3 Å². The Morgan fingerprint density at radius 3 is 2.53 bits per heavy atom. The summed E-state index contributed by atoms with van der Waals surface area (Å²) in [4.78, 5) is 24.0. The van der Waals surface area contributed by atoms with Gasteiger partial charge in [0, 0.05) is 23.3 Å². The number of alkyl halides is 2. The zero-order valence-electron chi connectivity index (χ0n) is 19.9. The summed E-state index contributed by atoms with van der Waals surface area (Å²) in [7, 11) is 0. The largest absolute Gasteiger partial charge is 0.383 e. The van der Waals surface area contributed by atoms with Crippen LogP contribution in [0.2, 0.25) is 0 Å². The van der Waals surface area contributed by atoms with Crippen molar-refractivity contribution in [1.82, 2.24) is 0 Å². The molecule has 5 unspecified atom stereocenters. The molecule has 0 bridgehead atoms. The van der Waals surface area contributed by atoms with E-state index in [9.17, 15) is 14.7 Å². The number of halogens is 2. The van der Waals surface area contributed by atoms with E-state index in [0.717, 1.165) is 24.0 Å². The number of rotatable bonds is 4. The highest BCUT2D eigenvalue weighted by atomic mass is 19.3. The monoisotopic (exact) mass is 466 g/mol. The lowest BCUT2D eigenvalue weighted by Gasteiger charge is -2.55. The maximum absolute atomic E-state index is 15.2. The van der Waals surface area contributed by atoms with Crippen LogP contribution in [0, 0.1) is 17.3 Å². The Morgan fingerprint density at radius 1 is 1.18 bits per heavy atom. The molecule has 34 heavy (non-hydrogen) atoms. The first-order chi connectivity index (χ1) is 16.0. The number of fused-ring (bicyclic) bond motifs is 4. The molecule has 1 aromatic carbocycles. The van der Waals surface area contributed by atoms with E-state index in [-0.39, 0.29) is 35.7 Å². The van der Waals surface area contributed by atoms with Crippen molar-refractivity contribution in [2.24, 2.45) is 17.3 Å². The molecule has 5 rings (SSSR count). The minimum atomic E-state index is -3.39. The van der Waals surface area contributed by atoms with E-state index in [0.29, 0.717) is 37.3 Å². The Hall–Kier alpha value is -2.40. The van der Waals surface area contributed by atoms with Crippen LogP contribution in [-0.4, -0.2) is 28.2 Å². The van der Waals surface area contributed by atoms with Crippen molar-refractivity contribution in [3.05, 3.63) is 70.8 Å². The highest BCUT2D eigenvalue weighted by molar-refractivity contribution is 5.94. The van der Waals surface area contributed by atoms with Gasteiger partial charge in [0.05, 0.1) is 0 Å². The molecular weight excluding hydrogens is 434 g/mol. The van der Waals surface area contributed by atoms with Crippen LogP contribution in [0.3, 0.4) is 0 Å². The normalized spacial score (nSPS) is 35.3. The second kappa shape index (κ2) is 7.81. The molecule has 4 aliphatic carbocycles. The van der Waals surface area contributed by atoms with E-state index in [4.69, 9.17) is 0 Å². The van der Waals surface area contributed by atoms with Crippen molar-refractivity contribution in [1.29, 1.82) is 0 Å². The first-order valence-corrected chi connectivity index (χ1v) is 12.3. The number of ketones is 2. The lowest BCUT2D eigenvalue weighted by molar-refractivity contribution is -0.213. The summed E-state index contributed by atoms with van der Waals surface area (Å²) in [5.41, 5.74) is 2.04. The predicted molar refractivity (Wildman–Crippen MR) is 127 cm³/mol. The minimum Gasteiger partial charge on any atom is -0.383 e. The molecule has 0 saturated heterocycles. The summed E-state index contributed by atoms with van der Waals surface area (Å²) in [6, 6.07) is 7.47. The summed E-state index contributed by atoms with van der Waals surface area (Å²) in [6.07, 6.45) is 6.12. The number of hydrogen-bond donors (Lipinski definition) is 1. The third kappa shape index (κ3) is 3.16. The molecule has 4 aliphatic rings. The maximum atomic E-state index is 15.2. The molecule has 0 aliphatic heterocycles. The quantitative estimate of drug-likeness (QED) is 0.416. The lowest BCUT2D eigenvalue weighted by Crippen LogP contribution is -2.59. The molecule has 3 nitrogen and oxygen atoms in total. The van der Waals surface area contributed by atoms with Crippen LogP contribution in [0.25, 0.3) is 0 Å². The summed E-state index contributed by atoms with van der Waals surface area (Å²) in [5, 5.41) is 11.6. The molecule has 2 fully saturated rings. The molecule has 5 atom stereocenters. The van der Waals surface area contributed by atoms with Crippen molar-refractivity contribution in [3.8, 4) is 0 Å². The van der Waals surface area contributed by atoms with Gasteiger partial charge in [0.1, 0.15) is 5.60 Å². The Morgan fingerprint density at radius 2 is 1.88 bits per heavy atom. The van der Waals surface area contributed by atoms with Crippen molar-refractivity contribution >= 4 is 11.6 Å². The fraction of sp³-hybridized carbons (Fsp3) is 0.517. The van der Waals surface area contributed by atoms with E-state index >= 15 is 8.78 Å². The van der Waals surface area contributed by atoms with Crippen molar-refractivity contribution in [2.75, 3.05) is 0 Å². The van der Waals surface area contributed by atoms with Gasteiger partial charge in [-0.25, -0.2) is 0 Å². The maximum Gasteiger partial charge on any atom is 0.294 e. The number of Topliss-reactive ketones (excluding diaryl/α,β-unsaturated/α-hetero) is 1. The number of hydrogen-bond acceptors (Lipinski definition) is 3. The highest BCUT2D eigenvalue weighted by Crippen LogP contribution is 2.69. The second-order valence-electron chi connectivity index (χ2n) is 10.9. The Balaban J connectivity index is 1.69. The molecule has 2 saturated carbocycles. The van der Waals surface area contributed by atoms with E-state index in [1.165, 1.54) is 18.1 Å². The third-order valence-electron chi connectivity index (χ3n) is 9.41. The standard InChI is InChI=1S/C29H32F2O3/c1-4-29(30,31)28(34)14-13-25-23-11-9-20-15-21(33)10-12-22(20)26(23)24(16-27(25,28)3)19-7-5-18(6-8-19)17(2)32/h4-8,15,23-25,34H,1,9-14,16H2,2-3H3. The lowest BCUT2D eigenvalue weighted by atomic mass is 9.50. The third-order valence-corrected chi connectivity index (χ3v) is 9.41. The fourth-order valence-corrected chi connectivity index (χ4v) is 7.63. The molecule has 5 heteroatoms. The van der Waals surface area contributed by atoms with Crippen molar-refractivity contribution in [2.45, 2.75) is 76.2 Å². The molecule has 180 valence electrons. The number of carbonyl (C=O) groups excluding carboxylic acids is 2. The van der Waals surface area contributed by atoms with Gasteiger partial charge in [0.15, 0.2) is 11.6 Å². The molecule has 0 spiro atoms. The average molecular weight is 467 g/mol. The Bertz CT molecular complexity index is 1130. The van der Waals surface area contributed by atoms with Gasteiger partial charge in [-0.3, -0.25) is 9.59 Å². The van der Waals surface area contributed by atoms with E-state index in [1.54, 1.807) is 18.2 Å². The van der Waals surface area contributed by atoms with Crippen LogP contribution in [0.1, 0.15) is 80.6 Å². The summed E-state index contributed by atoms with van der Waals surface area (Å²) in [5.74, 6) is -3.37. The van der Waals surface area contributed by atoms with Gasteiger partial charge in [-0.2, -0.15) is 8.78 Å². The fourth-order valence-electron chi connectivity index (χ4n) is 7.63. The van der Waals surface area contributed by atoms with Crippen molar-refractivity contribution < 1.29 is 23.5 Å². The Labute approximate surface area is 199 Å². The molecule has 0 aromatic heterocycles. The number of carbonyl (C=O) groups is 2. The Kier molecular flexibility index (Phi) is 5.36. The summed E-state index contributed by atoms with van der Waals surface area (Å²) >= 11 is 0. The number of allylic oxidation sites excluding steroid dienone is 4. The zero-order valence-corrected chi connectivity index (χ0v) is 19.9. The number of benzene rings is 1. The molecule has 0 amide bonds. The number of aliphatic hydroxyl groups is 1. The van der Waals surface area contributed by atoms with Gasteiger partial charge in [0.2, 0.25) is 0 Å². The van der Waals surface area contributed by atoms with E-state index in [1.807, 2.05) is 19.1 Å². The first kappa shape index (κ1) is 23.3. The molecule has 1 N–H and O–H groups in total. The van der Waals surface area contributed by atoms with Crippen LogP contribution in [-0.2, 0) is 4.79 Å². The van der Waals surface area contributed by atoms with Crippen LogP contribution in [0.15, 0.2) is 59.7 Å². The van der Waals surface area contributed by atoms with Crippen LogP contribution in [0.5, 0.6) is 0 Å². The molecular formula is C29H32F2O3. The summed E-state index contributed by atoms with van der Waals surface area (Å²) in [6.45, 7) is 6.71. The van der Waals surface area contributed by atoms with E-state index < -0.39 is 16.9 Å². The summed E-state index contributed by atoms with van der Waals surface area (Å²) < 4.78 is 30.4. The van der Waals surface area contributed by atoms with Gasteiger partial charge in [0.25, 0.3) is 5.92 Å². The molecule has 0 heterocycles. The van der Waals surface area contributed by atoms with Gasteiger partial charge in [-0.15, -0.1) is 0 Å². The minimum absolute atomic E-state index is 0.0217. The van der Waals surface area contributed by atoms with Crippen LogP contribution >= 0.6 is 0 Å². The zero-order chi connectivity index (χ0) is 24.5. The van der Waals surface area contributed by atoms with Gasteiger partial charge < -0.3 is 5.11 Å². The van der Waals surface area contributed by atoms with Gasteiger partial charge >= 0.3 is 0 Å². The molecule has 1 aromatic rings. The van der Waals surface area contributed by atoms with Gasteiger partial charge in [-0.05, 0) is 86.1 Å². The SMILES string of the molecule is C=CC(F)(F)C1(O)CCC2C3CCC4=CC(=O)CCC4=C3C(c3ccc(C(C)=O)cc3)CC21C. The van der Waals surface area contributed by atoms with Crippen LogP contribution in [0.4, 0.5) is 8.78 Å². The molecule has 0 radical (unpaired) electrons. The van der Waals surface area contributed by atoms with E-state index in [2.05, 4.69) is 6.58 Å². The first-order valence-electron chi connectivity index (χ1n) is 12.3. The smallest absolute Gasteiger partial charge is 0.294 e. The van der Waals surface area contributed by atoms with Crippen LogP contribution < -0.4 is 0 Å². The average Bonchev–Trinajstić information content (AvgIpc) is 3.10.